The van der Waals surface area contributed by atoms with E-state index in [-0.39, 0.29) is 69.8 Å². The maximum absolute atomic E-state index is 13.0. The van der Waals surface area contributed by atoms with Gasteiger partial charge in [0.15, 0.2) is 0 Å². The molecule has 0 fully saturated rings. The molecule has 0 radical (unpaired) electrons. The number of amides is 2. The first kappa shape index (κ1) is 31.3. The summed E-state index contributed by atoms with van der Waals surface area (Å²) in [6.45, 7) is 1.63. The maximum Gasteiger partial charge on any atom is 0.339 e. The van der Waals surface area contributed by atoms with E-state index in [1.807, 2.05) is 0 Å². The van der Waals surface area contributed by atoms with Gasteiger partial charge in [-0.15, -0.1) is 5.10 Å². The molecule has 0 spiro atoms. The Bertz CT molecular complexity index is 1850. The quantitative estimate of drug-likeness (QED) is 0.0843. The Kier molecular flexibility index (Phi) is 9.42. The van der Waals surface area contributed by atoms with Crippen molar-refractivity contribution in [3.8, 4) is 28.6 Å². The summed E-state index contributed by atoms with van der Waals surface area (Å²) in [5.41, 5.74) is 8.04. The number of pyridine rings is 1. The van der Waals surface area contributed by atoms with Gasteiger partial charge in [0.05, 0.1) is 23.3 Å². The van der Waals surface area contributed by atoms with Crippen LogP contribution in [0.1, 0.15) is 43.7 Å². The maximum atomic E-state index is 13.0. The van der Waals surface area contributed by atoms with Gasteiger partial charge in [0, 0.05) is 49.6 Å². The lowest BCUT2D eigenvalue weighted by atomic mass is 10.1. The predicted molar refractivity (Wildman–Crippen MR) is 156 cm³/mol. The van der Waals surface area contributed by atoms with Crippen molar-refractivity contribution in [2.75, 3.05) is 18.4 Å². The SMILES string of the molecule is CC(=O)NCCNC(=O)c1cc(/C(=C/Nc2ccc(C(=O)O)c(O)c2)N=N)nc(-c2cn(-c3ccc(C(=O)O)c(O)c3)nn2)c1. The summed E-state index contributed by atoms with van der Waals surface area (Å²) < 4.78 is 1.25. The number of carbonyl (C=O) groups excluding carboxylic acids is 2. The molecule has 2 amide bonds. The average molecular weight is 616 g/mol. The number of phenols is 2. The highest BCUT2D eigenvalue weighted by Gasteiger charge is 2.17. The lowest BCUT2D eigenvalue weighted by Crippen LogP contribution is -2.33. The third-order valence-corrected chi connectivity index (χ3v) is 6.09. The first-order chi connectivity index (χ1) is 21.5. The van der Waals surface area contributed by atoms with Crippen LogP contribution in [0.2, 0.25) is 0 Å². The zero-order valence-corrected chi connectivity index (χ0v) is 23.3. The van der Waals surface area contributed by atoms with Gasteiger partial charge in [-0.2, -0.15) is 5.11 Å². The van der Waals surface area contributed by atoms with Gasteiger partial charge in [-0.25, -0.2) is 24.8 Å². The van der Waals surface area contributed by atoms with Gasteiger partial charge in [0.25, 0.3) is 5.91 Å². The van der Waals surface area contributed by atoms with E-state index in [0.29, 0.717) is 0 Å². The Hall–Kier alpha value is -6.65. The Morgan fingerprint density at radius 1 is 0.911 bits per heavy atom. The second-order valence-electron chi connectivity index (χ2n) is 9.24. The third kappa shape index (κ3) is 7.60. The molecule has 2 aromatic carbocycles. The second-order valence-corrected chi connectivity index (χ2v) is 9.24. The second kappa shape index (κ2) is 13.6. The van der Waals surface area contributed by atoms with Gasteiger partial charge in [0.2, 0.25) is 5.91 Å². The van der Waals surface area contributed by atoms with Gasteiger partial charge >= 0.3 is 11.9 Å². The van der Waals surface area contributed by atoms with Crippen LogP contribution in [0, 0.1) is 5.53 Å². The predicted octanol–water partition coefficient (Wildman–Crippen LogP) is 2.44. The van der Waals surface area contributed by atoms with Gasteiger partial charge < -0.3 is 36.4 Å². The smallest absolute Gasteiger partial charge is 0.339 e. The number of rotatable bonds is 12. The molecule has 2 heterocycles. The molecule has 0 saturated heterocycles. The van der Waals surface area contributed by atoms with E-state index in [2.05, 4.69) is 36.4 Å². The number of aromatic nitrogens is 4. The Morgan fingerprint density at radius 2 is 1.58 bits per heavy atom. The van der Waals surface area contributed by atoms with E-state index < -0.39 is 29.3 Å². The van der Waals surface area contributed by atoms with Crippen LogP contribution >= 0.6 is 0 Å². The molecule has 230 valence electrons. The van der Waals surface area contributed by atoms with E-state index in [9.17, 15) is 29.4 Å². The fraction of sp³-hybridized carbons (Fsp3) is 0.107. The van der Waals surface area contributed by atoms with Crippen LogP contribution in [0.4, 0.5) is 5.69 Å². The first-order valence-corrected chi connectivity index (χ1v) is 12.9. The Morgan fingerprint density at radius 3 is 2.20 bits per heavy atom. The number of carboxylic acid groups (broad SMARTS) is 2. The average Bonchev–Trinajstić information content (AvgIpc) is 3.49. The van der Waals surface area contributed by atoms with Crippen molar-refractivity contribution in [2.45, 2.75) is 6.92 Å². The summed E-state index contributed by atoms with van der Waals surface area (Å²) in [6.07, 6.45) is 2.68. The lowest BCUT2D eigenvalue weighted by Gasteiger charge is -2.10. The van der Waals surface area contributed by atoms with E-state index in [0.717, 1.165) is 0 Å². The minimum Gasteiger partial charge on any atom is -0.507 e. The van der Waals surface area contributed by atoms with E-state index in [1.165, 1.54) is 72.5 Å². The van der Waals surface area contributed by atoms with Gasteiger partial charge in [0.1, 0.15) is 34.0 Å². The number of nitrogens with one attached hydrogen (secondary N) is 4. The number of nitrogens with zero attached hydrogens (tertiary/aromatic N) is 5. The van der Waals surface area contributed by atoms with E-state index >= 15 is 0 Å². The van der Waals surface area contributed by atoms with Crippen LogP contribution in [0.25, 0.3) is 22.8 Å². The summed E-state index contributed by atoms with van der Waals surface area (Å²) in [6, 6.07) is 10.3. The highest BCUT2D eigenvalue weighted by Crippen LogP contribution is 2.26. The summed E-state index contributed by atoms with van der Waals surface area (Å²) >= 11 is 0. The number of aromatic hydroxyl groups is 2. The van der Waals surface area contributed by atoms with Crippen LogP contribution in [-0.4, -0.2) is 77.2 Å². The molecule has 0 saturated carbocycles. The Labute approximate surface area is 253 Å². The topological polar surface area (TPSA) is 265 Å². The summed E-state index contributed by atoms with van der Waals surface area (Å²) in [5.74, 6) is -4.41. The standard InChI is InChI=1S/C28H25N9O8/c1-14(38)30-6-7-31-26(41)15-8-20(22(34-29)12-32-16-2-4-18(27(42)43)24(39)10-16)33-21(9-15)23-13-37(36-35-23)17-3-5-19(28(44)45)25(40)11-17/h2-5,8-13,29,32,39-40H,6-7H2,1H3,(H,30,38)(H,31,41)(H,42,43)(H,44,45)/b22-12-,34-29?. The van der Waals surface area contributed by atoms with Crippen molar-refractivity contribution < 1.29 is 39.6 Å². The molecule has 4 aromatic rings. The monoisotopic (exact) mass is 615 g/mol. The molecule has 0 unspecified atom stereocenters. The zero-order chi connectivity index (χ0) is 32.7. The fourth-order valence-corrected chi connectivity index (χ4v) is 3.91. The molecule has 4 rings (SSSR count). The van der Waals surface area contributed by atoms with Crippen LogP contribution in [0.15, 0.2) is 66.0 Å². The number of carboxylic acids is 2. The highest BCUT2D eigenvalue weighted by atomic mass is 16.4. The molecule has 0 aliphatic rings. The zero-order valence-electron chi connectivity index (χ0n) is 23.3. The van der Waals surface area contributed by atoms with Crippen LogP contribution in [-0.2, 0) is 4.79 Å². The molecule has 2 aromatic heterocycles. The lowest BCUT2D eigenvalue weighted by molar-refractivity contribution is -0.118. The van der Waals surface area contributed by atoms with Gasteiger partial charge in [-0.05, 0) is 36.4 Å². The normalized spacial score (nSPS) is 11.0. The third-order valence-electron chi connectivity index (χ3n) is 6.09. The number of anilines is 1. The summed E-state index contributed by atoms with van der Waals surface area (Å²) in [5, 5.41) is 57.9. The fourth-order valence-electron chi connectivity index (χ4n) is 3.91. The molecule has 8 N–H and O–H groups in total. The van der Waals surface area contributed by atoms with Crippen LogP contribution in [0.5, 0.6) is 11.5 Å². The molecule has 0 bridgehead atoms. The summed E-state index contributed by atoms with van der Waals surface area (Å²) in [4.78, 5) is 51.1. The number of hydrogen-bond acceptors (Lipinski definition) is 12. The number of benzene rings is 2. The van der Waals surface area contributed by atoms with Crippen molar-refractivity contribution >= 4 is 35.1 Å². The number of aromatic carboxylic acids is 2. The Balaban J connectivity index is 1.70. The van der Waals surface area contributed by atoms with Crippen LogP contribution < -0.4 is 16.0 Å². The first-order valence-electron chi connectivity index (χ1n) is 12.9. The number of carbonyl (C=O) groups is 4. The van der Waals surface area contributed by atoms with Crippen LogP contribution in [0.3, 0.4) is 0 Å². The van der Waals surface area contributed by atoms with Crippen molar-refractivity contribution in [3.05, 3.63) is 83.3 Å². The van der Waals surface area contributed by atoms with Crippen molar-refractivity contribution in [1.82, 2.24) is 30.6 Å². The largest absolute Gasteiger partial charge is 0.507 e. The molecule has 0 aliphatic carbocycles. The number of hydrogen-bond donors (Lipinski definition) is 8. The highest BCUT2D eigenvalue weighted by molar-refractivity contribution is 5.96. The molecule has 0 aliphatic heterocycles. The van der Waals surface area contributed by atoms with Crippen molar-refractivity contribution in [3.63, 3.8) is 0 Å². The van der Waals surface area contributed by atoms with Gasteiger partial charge in [-0.1, -0.05) is 5.21 Å². The molecular formula is C28H25N9O8. The molecule has 17 nitrogen and oxygen atoms in total. The molecule has 45 heavy (non-hydrogen) atoms. The molecule has 0 atom stereocenters. The van der Waals surface area contributed by atoms with E-state index in [4.69, 9.17) is 15.7 Å². The van der Waals surface area contributed by atoms with Crippen molar-refractivity contribution in [2.24, 2.45) is 5.11 Å². The van der Waals surface area contributed by atoms with E-state index in [1.54, 1.807) is 0 Å². The minimum atomic E-state index is -1.31. The minimum absolute atomic E-state index is 0.0476. The van der Waals surface area contributed by atoms with Crippen molar-refractivity contribution in [1.29, 1.82) is 5.53 Å². The van der Waals surface area contributed by atoms with Gasteiger partial charge in [-0.3, -0.25) is 9.59 Å². The summed E-state index contributed by atoms with van der Waals surface area (Å²) in [7, 11) is 0. The molecule has 17 heteroatoms. The molecular weight excluding hydrogens is 590 g/mol.